The number of thiophene rings is 6. The number of aryl methyl sites for hydroxylation is 1. The molecule has 2 fully saturated rings. The van der Waals surface area contributed by atoms with Gasteiger partial charge in [0.1, 0.15) is 40.2 Å². The van der Waals surface area contributed by atoms with Crippen molar-refractivity contribution in [3.63, 3.8) is 0 Å². The first-order valence-corrected chi connectivity index (χ1v) is 55.2. The Morgan fingerprint density at radius 3 is 1.05 bits per heavy atom. The van der Waals surface area contributed by atoms with Crippen LogP contribution in [0.4, 0.5) is 0 Å². The molecule has 2 aliphatic heterocycles. The highest BCUT2D eigenvalue weighted by Crippen LogP contribution is 2.50. The number of aromatic nitrogens is 12. The van der Waals surface area contributed by atoms with E-state index in [4.69, 9.17) is 38.5 Å². The molecule has 2 saturated heterocycles. The molecule has 736 valence electrons. The molecule has 4 amide bonds. The Hall–Kier alpha value is -14.8. The molecule has 149 heavy (non-hydrogen) atoms. The van der Waals surface area contributed by atoms with Gasteiger partial charge < -0.3 is 26.7 Å². The molecule has 8 aromatic carbocycles. The first-order valence-electron chi connectivity index (χ1n) is 47.4. The molecule has 15 aromatic heterocycles. The van der Waals surface area contributed by atoms with Crippen molar-refractivity contribution in [2.75, 3.05) is 5.33 Å². The molecule has 25 rings (SSSR count). The van der Waals surface area contributed by atoms with Crippen LogP contribution in [0.3, 0.4) is 0 Å². The van der Waals surface area contributed by atoms with Crippen molar-refractivity contribution in [2.24, 2.45) is 0 Å². The van der Waals surface area contributed by atoms with Gasteiger partial charge in [0.2, 0.25) is 0 Å². The molecular weight excluding hydrogens is 2250 g/mol. The minimum Gasteiger partial charge on any atom is -1.00 e. The summed E-state index contributed by atoms with van der Waals surface area (Å²) < 4.78 is 20.2. The van der Waals surface area contributed by atoms with E-state index in [1.54, 1.807) is 92.8 Å². The summed E-state index contributed by atoms with van der Waals surface area (Å²) in [6.45, 7) is 0.739. The number of amides is 4. The van der Waals surface area contributed by atoms with E-state index < -0.39 is 35.6 Å². The van der Waals surface area contributed by atoms with Crippen LogP contribution in [0, 0.1) is 0 Å². The zero-order valence-electron chi connectivity index (χ0n) is 78.6. The average Bonchev–Trinajstić information content (AvgIpc) is 1.57. The summed E-state index contributed by atoms with van der Waals surface area (Å²) in [6, 6.07) is 90.9. The summed E-state index contributed by atoms with van der Waals surface area (Å²) in [6.07, 6.45) is 16.8. The van der Waals surface area contributed by atoms with Crippen molar-refractivity contribution in [3.8, 4) is 140 Å². The summed E-state index contributed by atoms with van der Waals surface area (Å²) in [5, 5.41) is 44.4. The van der Waals surface area contributed by atoms with Gasteiger partial charge in [-0.2, -0.15) is 0 Å². The number of fused-ring (bicyclic) bond motifs is 7. The number of pyridine rings is 6. The summed E-state index contributed by atoms with van der Waals surface area (Å²) >= 11 is 20.2. The molecule has 17 heterocycles. The molecule has 25 nitrogen and oxygen atoms in total. The fourth-order valence-electron chi connectivity index (χ4n) is 17.8. The number of halogens is 4. The summed E-state index contributed by atoms with van der Waals surface area (Å²) in [5.74, 6) is -2.89. The van der Waals surface area contributed by atoms with Crippen molar-refractivity contribution in [2.45, 2.75) is 83.6 Å². The predicted octanol–water partition coefficient (Wildman–Crippen LogP) is 26.8. The van der Waals surface area contributed by atoms with Gasteiger partial charge in [-0.1, -0.05) is 168 Å². The van der Waals surface area contributed by atoms with Gasteiger partial charge in [0.25, 0.3) is 23.6 Å². The van der Waals surface area contributed by atoms with E-state index in [0.29, 0.717) is 61.8 Å². The lowest BCUT2D eigenvalue weighted by atomic mass is 10.00. The monoisotopic (exact) mass is 2330 g/mol. The van der Waals surface area contributed by atoms with E-state index in [1.165, 1.54) is 54.2 Å². The van der Waals surface area contributed by atoms with Crippen LogP contribution in [0.15, 0.2) is 336 Å². The molecule has 0 spiro atoms. The van der Waals surface area contributed by atoms with Crippen LogP contribution in [0.25, 0.3) is 216 Å². The van der Waals surface area contributed by atoms with Crippen LogP contribution in [0.1, 0.15) is 77.0 Å². The first kappa shape index (κ1) is 100. The maximum Gasteiger partial charge on any atom is 0.333 e. The standard InChI is InChI=1S/C48H36N5O5S2.C38H22N4OS2.C18H8Br2N4OS2.C10H14BrNO4.BrH/c54-41-19-20-42(55)53(41)57-43(56)12-2-1-7-23-52-24-21-32(22-25-52)45-44(40-28-37(29-59-40)35-15-13-30-8-3-5-10-33(30)26-35)47-48(51-58-50-47)46(49-45)39-18-17-38(60-39)36-16-14-31-9-4-6-11-34(31)27-36;1-3-7-26-19-28(11-9-23(26)5-1)30-21-33(44-22-30)34-35(25-15-17-39-18-16-25)40-36(38-37(34)41-43-42-38)32-14-13-31(45-32)29-12-10-24-6-2-4-8-27(24)20-29;19-10-7-12(26-8-10)14-15(9-3-5-21-6-4-9)22-16(11-1-2-13(20)27-11)18-17(14)23-25-24-18;11-7-3-1-2-4-10(15)16-12-8(13)5-6-9(12)14;/h3-6,8-11,13-18,21-22,24-29H,1-2,7,12,19-20,23H2;1-22H;1-8H;1-7H2;1H/q+1;;;;/p-1. The van der Waals surface area contributed by atoms with Crippen molar-refractivity contribution in [1.29, 1.82) is 0 Å². The van der Waals surface area contributed by atoms with Crippen molar-refractivity contribution < 1.29 is 73.9 Å². The highest BCUT2D eigenvalue weighted by atomic mass is 79.9. The van der Waals surface area contributed by atoms with E-state index in [0.717, 1.165) is 169 Å². The zero-order valence-corrected chi connectivity index (χ0v) is 89.9. The van der Waals surface area contributed by atoms with Gasteiger partial charge in [-0.05, 0) is 279 Å². The summed E-state index contributed by atoms with van der Waals surface area (Å²) in [5.41, 5.74) is 21.0. The van der Waals surface area contributed by atoms with Crippen LogP contribution in [-0.4, -0.2) is 107 Å². The number of hydroxylamine groups is 4. The molecule has 0 N–H and O–H groups in total. The van der Waals surface area contributed by atoms with Crippen LogP contribution in [-0.2, 0) is 45.0 Å². The maximum atomic E-state index is 12.2. The Labute approximate surface area is 910 Å². The molecule has 0 atom stereocenters. The number of carbonyl (C=O) groups is 6. The van der Waals surface area contributed by atoms with E-state index in [-0.39, 0.29) is 55.5 Å². The van der Waals surface area contributed by atoms with Crippen LogP contribution >= 0.6 is 116 Å². The number of imide groups is 2. The van der Waals surface area contributed by atoms with Gasteiger partial charge in [0, 0.05) is 155 Å². The fourth-order valence-corrected chi connectivity index (χ4v) is 25.0. The van der Waals surface area contributed by atoms with Gasteiger partial charge in [0.05, 0.1) is 35.5 Å². The van der Waals surface area contributed by atoms with Gasteiger partial charge in [0.15, 0.2) is 28.9 Å². The smallest absolute Gasteiger partial charge is 0.333 e. The van der Waals surface area contributed by atoms with E-state index in [1.807, 2.05) is 54.2 Å². The Morgan fingerprint density at radius 1 is 0.322 bits per heavy atom. The summed E-state index contributed by atoms with van der Waals surface area (Å²) in [4.78, 5) is 111. The van der Waals surface area contributed by atoms with Crippen LogP contribution in [0.2, 0.25) is 0 Å². The zero-order chi connectivity index (χ0) is 101. The second kappa shape index (κ2) is 45.5. The Morgan fingerprint density at radius 2 is 0.664 bits per heavy atom. The third kappa shape index (κ3) is 22.0. The minimum absolute atomic E-state index is 0. The molecule has 0 saturated carbocycles. The number of unbranched alkanes of at least 4 members (excludes halogenated alkanes) is 4. The number of carbonyl (C=O) groups excluding carboxylic acids is 6. The molecule has 0 aliphatic carbocycles. The molecule has 0 radical (unpaired) electrons. The van der Waals surface area contributed by atoms with Gasteiger partial charge in [-0.25, -0.2) is 43.0 Å². The van der Waals surface area contributed by atoms with E-state index >= 15 is 0 Å². The number of nitrogens with zero attached hydrogens (tertiary/aromatic N) is 14. The topological polar surface area (TPSA) is 312 Å². The number of benzene rings is 8. The number of hydrogen-bond donors (Lipinski definition) is 0. The third-order valence-corrected chi connectivity index (χ3v) is 33.3. The van der Waals surface area contributed by atoms with Crippen LogP contribution in [0.5, 0.6) is 0 Å². The molecule has 0 unspecified atom stereocenters. The van der Waals surface area contributed by atoms with E-state index in [9.17, 15) is 28.8 Å². The lowest BCUT2D eigenvalue weighted by molar-refractivity contribution is -0.697. The quantitative estimate of drug-likeness (QED) is 0.0210. The number of rotatable bonds is 26. The van der Waals surface area contributed by atoms with Gasteiger partial charge in [-0.3, -0.25) is 29.1 Å². The Kier molecular flexibility index (Phi) is 30.6. The molecule has 35 heteroatoms. The van der Waals surface area contributed by atoms with Gasteiger partial charge in [-0.15, -0.1) is 78.1 Å². The summed E-state index contributed by atoms with van der Waals surface area (Å²) in [7, 11) is 0. The SMILES string of the molecule is Brc1csc(-c2c(-c3ccncc3)nc(-c3ccc(Br)s3)c3nonc23)c1.O=C(CCCCCBr)ON1C(=O)CCC1=O.O=C(CCCCC[n+]1ccc(-c2nc(-c3ccc(-c4ccc5ccccc5c4)s3)c3nonc3c2-c2cc(-c3ccc4ccccc4c3)cs2)cc1)ON1C(=O)CCC1=O.[Br-].c1ccc2cc(-c3csc(-c4c(-c5ccncc5)nc(-c5ccc(-c6ccc7ccccc7c6)s5)c5nonc45)c3)ccc2c1. The Bertz CT molecular complexity index is 8940. The predicted molar refractivity (Wildman–Crippen MR) is 593 cm³/mol. The molecule has 0 bridgehead atoms. The first-order chi connectivity index (χ1) is 72.6. The minimum atomic E-state index is -0.569. The van der Waals surface area contributed by atoms with Crippen molar-refractivity contribution in [3.05, 3.63) is 322 Å². The Balaban J connectivity index is 0.000000127. The second-order valence-corrected chi connectivity index (χ2v) is 43.9. The molecule has 2 aliphatic rings. The highest BCUT2D eigenvalue weighted by Gasteiger charge is 2.36. The lowest BCUT2D eigenvalue weighted by Crippen LogP contribution is -3.00. The fraction of sp³-hybridized carbons (Fsp3) is 0.123. The third-order valence-electron chi connectivity index (χ3n) is 25.2. The maximum absolute atomic E-state index is 12.2. The molecular formula is C114H80Br4N14O11S6. The van der Waals surface area contributed by atoms with Crippen molar-refractivity contribution >= 4 is 228 Å². The molecule has 23 aromatic rings. The second-order valence-electron chi connectivity index (χ2n) is 34.8. The highest BCUT2D eigenvalue weighted by molar-refractivity contribution is 9.11. The number of hydrogen-bond acceptors (Lipinski definition) is 28. The average molecular weight is 2330 g/mol. The van der Waals surface area contributed by atoms with Crippen LogP contribution < -0.4 is 21.5 Å². The lowest BCUT2D eigenvalue weighted by Gasteiger charge is -2.12. The van der Waals surface area contributed by atoms with E-state index in [2.05, 4.69) is 328 Å². The number of alkyl halides is 1. The normalized spacial score (nSPS) is 12.4. The van der Waals surface area contributed by atoms with Gasteiger partial charge >= 0.3 is 11.9 Å². The largest absolute Gasteiger partial charge is 1.00 e. The van der Waals surface area contributed by atoms with Crippen molar-refractivity contribution in [1.82, 2.24) is 66.0 Å².